The lowest BCUT2D eigenvalue weighted by molar-refractivity contribution is -0.432. The third kappa shape index (κ3) is 3.80. The standard InChI is InChI=1S/C14H14F8O2/c15-10(8-4-7-9-5-2-1-3-6-9)11(23,24)12(16,17)13(18,19)14(20,21)22/h1-3,5-6,10,23-24H,4,7-8H2. The molecule has 0 aromatic heterocycles. The number of rotatable bonds is 7. The van der Waals surface area contributed by atoms with Crippen LogP contribution in [0.15, 0.2) is 30.3 Å². The molecule has 138 valence electrons. The monoisotopic (exact) mass is 366 g/mol. The molecule has 10 heteroatoms. The van der Waals surface area contributed by atoms with Gasteiger partial charge in [-0.1, -0.05) is 30.3 Å². The zero-order valence-electron chi connectivity index (χ0n) is 12.0. The molecule has 0 radical (unpaired) electrons. The highest BCUT2D eigenvalue weighted by atomic mass is 19.4. The Morgan fingerprint density at radius 1 is 0.833 bits per heavy atom. The Morgan fingerprint density at radius 3 is 1.79 bits per heavy atom. The quantitative estimate of drug-likeness (QED) is 0.568. The lowest BCUT2D eigenvalue weighted by atomic mass is 9.93. The van der Waals surface area contributed by atoms with Gasteiger partial charge in [0.15, 0.2) is 6.17 Å². The van der Waals surface area contributed by atoms with E-state index in [9.17, 15) is 35.1 Å². The van der Waals surface area contributed by atoms with Crippen LogP contribution in [0.1, 0.15) is 18.4 Å². The van der Waals surface area contributed by atoms with E-state index in [0.717, 1.165) is 0 Å². The van der Waals surface area contributed by atoms with E-state index in [0.29, 0.717) is 5.56 Å². The molecule has 0 bridgehead atoms. The maximum Gasteiger partial charge on any atom is 0.460 e. The number of benzene rings is 1. The molecule has 2 nitrogen and oxygen atoms in total. The largest absolute Gasteiger partial charge is 0.460 e. The summed E-state index contributed by atoms with van der Waals surface area (Å²) in [6, 6.07) is 8.06. The van der Waals surface area contributed by atoms with Crippen LogP contribution in [0.3, 0.4) is 0 Å². The molecule has 0 amide bonds. The van der Waals surface area contributed by atoms with Gasteiger partial charge in [-0.2, -0.15) is 30.7 Å². The molecule has 0 aliphatic carbocycles. The SMILES string of the molecule is OC(O)(C(F)CCCc1ccccc1)C(F)(F)C(F)(F)C(F)(F)F. The molecular weight excluding hydrogens is 352 g/mol. The van der Waals surface area contributed by atoms with Crippen molar-refractivity contribution in [3.8, 4) is 0 Å². The molecule has 0 saturated carbocycles. The minimum atomic E-state index is -6.81. The van der Waals surface area contributed by atoms with Crippen molar-refractivity contribution in [2.24, 2.45) is 0 Å². The van der Waals surface area contributed by atoms with Gasteiger partial charge in [-0.25, -0.2) is 4.39 Å². The van der Waals surface area contributed by atoms with Gasteiger partial charge in [0.25, 0.3) is 5.79 Å². The van der Waals surface area contributed by atoms with Crippen molar-refractivity contribution in [1.29, 1.82) is 0 Å². The summed E-state index contributed by atoms with van der Waals surface area (Å²) in [4.78, 5) is 0. The summed E-state index contributed by atoms with van der Waals surface area (Å²) in [5.41, 5.74) is 0.624. The number of halogens is 8. The number of aryl methyl sites for hydroxylation is 1. The fourth-order valence-corrected chi connectivity index (χ4v) is 1.94. The second-order valence-electron chi connectivity index (χ2n) is 5.22. The van der Waals surface area contributed by atoms with Crippen LogP contribution in [0, 0.1) is 0 Å². The summed E-state index contributed by atoms with van der Waals surface area (Å²) in [5.74, 6) is -18.5. The van der Waals surface area contributed by atoms with Crippen LogP contribution in [-0.2, 0) is 6.42 Å². The third-order valence-electron chi connectivity index (χ3n) is 3.42. The smallest absolute Gasteiger partial charge is 0.359 e. The predicted octanol–water partition coefficient (Wildman–Crippen LogP) is 3.86. The Kier molecular flexibility index (Phi) is 5.87. The third-order valence-corrected chi connectivity index (χ3v) is 3.42. The second kappa shape index (κ2) is 6.83. The van der Waals surface area contributed by atoms with E-state index >= 15 is 0 Å². The molecule has 0 heterocycles. The predicted molar refractivity (Wildman–Crippen MR) is 67.4 cm³/mol. The first-order valence-corrected chi connectivity index (χ1v) is 6.70. The molecule has 0 fully saturated rings. The van der Waals surface area contributed by atoms with Crippen LogP contribution in [0.4, 0.5) is 35.1 Å². The summed E-state index contributed by atoms with van der Waals surface area (Å²) >= 11 is 0. The van der Waals surface area contributed by atoms with Crippen molar-refractivity contribution in [2.75, 3.05) is 0 Å². The van der Waals surface area contributed by atoms with E-state index in [2.05, 4.69) is 0 Å². The maximum atomic E-state index is 13.6. The maximum absolute atomic E-state index is 13.6. The Morgan fingerprint density at radius 2 is 1.33 bits per heavy atom. The summed E-state index contributed by atoms with van der Waals surface area (Å²) < 4.78 is 102. The van der Waals surface area contributed by atoms with E-state index in [1.807, 2.05) is 0 Å². The van der Waals surface area contributed by atoms with Gasteiger partial charge in [-0.05, 0) is 24.8 Å². The Hall–Kier alpha value is -1.42. The molecule has 0 aliphatic rings. The Bertz CT molecular complexity index is 527. The first-order chi connectivity index (χ1) is 10.7. The average Bonchev–Trinajstić information content (AvgIpc) is 2.46. The van der Waals surface area contributed by atoms with Crippen molar-refractivity contribution in [3.63, 3.8) is 0 Å². The Balaban J connectivity index is 2.81. The van der Waals surface area contributed by atoms with E-state index in [1.54, 1.807) is 30.3 Å². The molecule has 1 atom stereocenters. The lowest BCUT2D eigenvalue weighted by Crippen LogP contribution is -2.67. The molecule has 0 saturated heterocycles. The van der Waals surface area contributed by atoms with Crippen LogP contribution in [0.5, 0.6) is 0 Å². The summed E-state index contributed by atoms with van der Waals surface area (Å²) in [7, 11) is 0. The van der Waals surface area contributed by atoms with Gasteiger partial charge < -0.3 is 10.2 Å². The van der Waals surface area contributed by atoms with Crippen LogP contribution < -0.4 is 0 Å². The molecule has 24 heavy (non-hydrogen) atoms. The van der Waals surface area contributed by atoms with E-state index in [1.165, 1.54) is 0 Å². The van der Waals surface area contributed by atoms with Crippen LogP contribution in [0.2, 0.25) is 0 Å². The molecule has 1 unspecified atom stereocenters. The highest BCUT2D eigenvalue weighted by molar-refractivity contribution is 5.14. The summed E-state index contributed by atoms with van der Waals surface area (Å²) in [6.07, 6.45) is -11.4. The normalized spacial score (nSPS) is 15.4. The molecule has 1 rings (SSSR count). The fraction of sp³-hybridized carbons (Fsp3) is 0.571. The highest BCUT2D eigenvalue weighted by Gasteiger charge is 2.81. The van der Waals surface area contributed by atoms with Crippen molar-refractivity contribution >= 4 is 0 Å². The first-order valence-electron chi connectivity index (χ1n) is 6.70. The molecule has 1 aromatic carbocycles. The van der Waals surface area contributed by atoms with E-state index < -0.39 is 36.4 Å². The highest BCUT2D eigenvalue weighted by Crippen LogP contribution is 2.52. The van der Waals surface area contributed by atoms with Gasteiger partial charge >= 0.3 is 18.0 Å². The first kappa shape index (κ1) is 20.6. The van der Waals surface area contributed by atoms with Gasteiger partial charge in [0.1, 0.15) is 0 Å². The summed E-state index contributed by atoms with van der Waals surface area (Å²) in [6.45, 7) is 0. The van der Waals surface area contributed by atoms with Gasteiger partial charge in [0.05, 0.1) is 0 Å². The molecular formula is C14H14F8O2. The second-order valence-corrected chi connectivity index (χ2v) is 5.22. The number of hydrogen-bond acceptors (Lipinski definition) is 2. The minimum absolute atomic E-state index is 0.0819. The number of aliphatic hydroxyl groups is 2. The molecule has 0 spiro atoms. The fourth-order valence-electron chi connectivity index (χ4n) is 1.94. The van der Waals surface area contributed by atoms with E-state index in [-0.39, 0.29) is 12.8 Å². The van der Waals surface area contributed by atoms with Crippen molar-refractivity contribution in [2.45, 2.75) is 49.2 Å². The van der Waals surface area contributed by atoms with E-state index in [4.69, 9.17) is 10.2 Å². The topological polar surface area (TPSA) is 40.5 Å². The molecule has 1 aromatic rings. The zero-order chi connectivity index (χ0) is 18.8. The molecule has 2 N–H and O–H groups in total. The average molecular weight is 366 g/mol. The van der Waals surface area contributed by atoms with Gasteiger partial charge in [0.2, 0.25) is 0 Å². The summed E-state index contributed by atoms with van der Waals surface area (Å²) in [5, 5.41) is 17.9. The van der Waals surface area contributed by atoms with Gasteiger partial charge in [-0.15, -0.1) is 0 Å². The zero-order valence-corrected chi connectivity index (χ0v) is 12.0. The lowest BCUT2D eigenvalue weighted by Gasteiger charge is -2.38. The van der Waals surface area contributed by atoms with Crippen LogP contribution in [-0.4, -0.2) is 40.2 Å². The van der Waals surface area contributed by atoms with Crippen molar-refractivity contribution in [1.82, 2.24) is 0 Å². The molecule has 0 aliphatic heterocycles. The minimum Gasteiger partial charge on any atom is -0.359 e. The Labute approximate surface area is 131 Å². The van der Waals surface area contributed by atoms with Gasteiger partial charge in [-0.3, -0.25) is 0 Å². The number of alkyl halides is 8. The number of hydrogen-bond donors (Lipinski definition) is 2. The van der Waals surface area contributed by atoms with Gasteiger partial charge in [0, 0.05) is 0 Å². The van der Waals surface area contributed by atoms with Crippen molar-refractivity contribution < 1.29 is 45.3 Å². The van der Waals surface area contributed by atoms with Crippen molar-refractivity contribution in [3.05, 3.63) is 35.9 Å². The van der Waals surface area contributed by atoms with Crippen LogP contribution >= 0.6 is 0 Å². The van der Waals surface area contributed by atoms with Crippen LogP contribution in [0.25, 0.3) is 0 Å².